The second kappa shape index (κ2) is 7.82. The maximum absolute atomic E-state index is 12.9. The number of carbonyl (C=O) groups excluding carboxylic acids is 1. The maximum atomic E-state index is 12.9. The molecule has 2 unspecified atom stereocenters. The standard InChI is InChI=1S/C20H29NO3/c1-15-12-17(18(22)23)14-21(13-15)19(24)20(2,3)11-7-10-16-8-5-4-6-9-16/h4-6,8-9,15,17H,7,10-14H2,1-3H3,(H,22,23). The van der Waals surface area contributed by atoms with Crippen LogP contribution >= 0.6 is 0 Å². The topological polar surface area (TPSA) is 57.6 Å². The molecule has 2 atom stereocenters. The molecule has 0 aliphatic carbocycles. The molecule has 132 valence electrons. The molecule has 1 saturated heterocycles. The number of rotatable bonds is 6. The van der Waals surface area contributed by atoms with E-state index in [2.05, 4.69) is 12.1 Å². The molecule has 0 spiro atoms. The van der Waals surface area contributed by atoms with Gasteiger partial charge in [-0.15, -0.1) is 0 Å². The molecule has 1 aromatic rings. The fraction of sp³-hybridized carbons (Fsp3) is 0.600. The molecule has 1 aliphatic heterocycles. The van der Waals surface area contributed by atoms with Crippen LogP contribution in [0.15, 0.2) is 30.3 Å². The van der Waals surface area contributed by atoms with Gasteiger partial charge in [0.2, 0.25) is 5.91 Å². The predicted molar refractivity (Wildman–Crippen MR) is 94.6 cm³/mol. The lowest BCUT2D eigenvalue weighted by Gasteiger charge is -2.39. The third kappa shape index (κ3) is 4.83. The molecule has 0 bridgehead atoms. The number of amides is 1. The van der Waals surface area contributed by atoms with Crippen LogP contribution in [0.25, 0.3) is 0 Å². The summed E-state index contributed by atoms with van der Waals surface area (Å²) in [5.41, 5.74) is 0.841. The number of benzene rings is 1. The first kappa shape index (κ1) is 18.5. The summed E-state index contributed by atoms with van der Waals surface area (Å²) < 4.78 is 0. The number of aliphatic carboxylic acids is 1. The molecule has 1 fully saturated rings. The largest absolute Gasteiger partial charge is 0.481 e. The number of hydrogen-bond donors (Lipinski definition) is 1. The van der Waals surface area contributed by atoms with Crippen LogP contribution in [0, 0.1) is 17.3 Å². The Balaban J connectivity index is 1.92. The Labute approximate surface area is 144 Å². The van der Waals surface area contributed by atoms with Crippen LogP contribution in [0.3, 0.4) is 0 Å². The van der Waals surface area contributed by atoms with Crippen molar-refractivity contribution in [2.45, 2.75) is 46.5 Å². The van der Waals surface area contributed by atoms with Gasteiger partial charge in [-0.2, -0.15) is 0 Å². The van der Waals surface area contributed by atoms with Gasteiger partial charge in [-0.1, -0.05) is 51.1 Å². The molecule has 0 aromatic heterocycles. The van der Waals surface area contributed by atoms with Gasteiger partial charge >= 0.3 is 5.97 Å². The second-order valence-electron chi connectivity index (χ2n) is 7.81. The Morgan fingerprint density at radius 2 is 1.88 bits per heavy atom. The normalized spacial score (nSPS) is 21.5. The van der Waals surface area contributed by atoms with E-state index in [1.54, 1.807) is 4.90 Å². The van der Waals surface area contributed by atoms with Crippen LogP contribution in [-0.4, -0.2) is 35.0 Å². The zero-order valence-electron chi connectivity index (χ0n) is 15.0. The van der Waals surface area contributed by atoms with Crippen molar-refractivity contribution in [2.75, 3.05) is 13.1 Å². The highest BCUT2D eigenvalue weighted by atomic mass is 16.4. The highest BCUT2D eigenvalue weighted by molar-refractivity contribution is 5.83. The SMILES string of the molecule is CC1CC(C(=O)O)CN(C(=O)C(C)(C)CCCc2ccccc2)C1. The number of aryl methyl sites for hydroxylation is 1. The van der Waals surface area contributed by atoms with Gasteiger partial charge in [0.15, 0.2) is 0 Å². The zero-order chi connectivity index (χ0) is 17.7. The summed E-state index contributed by atoms with van der Waals surface area (Å²) in [7, 11) is 0. The van der Waals surface area contributed by atoms with Gasteiger partial charge in [0.05, 0.1) is 5.92 Å². The fourth-order valence-electron chi connectivity index (χ4n) is 3.61. The molecule has 4 nitrogen and oxygen atoms in total. The molecule has 0 saturated carbocycles. The van der Waals surface area contributed by atoms with Crippen molar-refractivity contribution in [3.8, 4) is 0 Å². The Morgan fingerprint density at radius 3 is 2.50 bits per heavy atom. The van der Waals surface area contributed by atoms with Crippen LogP contribution in [0.2, 0.25) is 0 Å². The van der Waals surface area contributed by atoms with Gasteiger partial charge in [0, 0.05) is 18.5 Å². The lowest BCUT2D eigenvalue weighted by molar-refractivity contribution is -0.150. The summed E-state index contributed by atoms with van der Waals surface area (Å²) in [5.74, 6) is -0.892. The van der Waals surface area contributed by atoms with Gasteiger partial charge in [0.1, 0.15) is 0 Å². The van der Waals surface area contributed by atoms with Crippen LogP contribution in [0.5, 0.6) is 0 Å². The quantitative estimate of drug-likeness (QED) is 0.866. The van der Waals surface area contributed by atoms with E-state index in [-0.39, 0.29) is 11.8 Å². The summed E-state index contributed by atoms with van der Waals surface area (Å²) in [4.78, 5) is 26.0. The van der Waals surface area contributed by atoms with E-state index in [1.807, 2.05) is 39.0 Å². The number of piperidine rings is 1. The Morgan fingerprint density at radius 1 is 1.21 bits per heavy atom. The van der Waals surface area contributed by atoms with Gasteiger partial charge in [-0.25, -0.2) is 0 Å². The minimum Gasteiger partial charge on any atom is -0.481 e. The van der Waals surface area contributed by atoms with Gasteiger partial charge < -0.3 is 10.0 Å². The minimum absolute atomic E-state index is 0.0911. The van der Waals surface area contributed by atoms with E-state index < -0.39 is 17.3 Å². The van der Waals surface area contributed by atoms with E-state index >= 15 is 0 Å². The number of carboxylic acid groups (broad SMARTS) is 1. The summed E-state index contributed by atoms with van der Waals surface area (Å²) in [5, 5.41) is 9.29. The smallest absolute Gasteiger partial charge is 0.308 e. The third-order valence-electron chi connectivity index (χ3n) is 4.99. The van der Waals surface area contributed by atoms with Gasteiger partial charge in [-0.3, -0.25) is 9.59 Å². The summed E-state index contributed by atoms with van der Waals surface area (Å²) in [6, 6.07) is 10.3. The number of likely N-dealkylation sites (tertiary alicyclic amines) is 1. The average molecular weight is 331 g/mol. The number of nitrogens with zero attached hydrogens (tertiary/aromatic N) is 1. The van der Waals surface area contributed by atoms with Crippen molar-refractivity contribution in [1.82, 2.24) is 4.90 Å². The summed E-state index contributed by atoms with van der Waals surface area (Å²) in [6.07, 6.45) is 3.39. The first-order valence-corrected chi connectivity index (χ1v) is 8.85. The van der Waals surface area contributed by atoms with Gasteiger partial charge in [0.25, 0.3) is 0 Å². The molecule has 0 radical (unpaired) electrons. The van der Waals surface area contributed by atoms with E-state index in [4.69, 9.17) is 0 Å². The van der Waals surface area contributed by atoms with Crippen LogP contribution < -0.4 is 0 Å². The molecule has 2 rings (SSSR count). The highest BCUT2D eigenvalue weighted by Crippen LogP contribution is 2.30. The Hall–Kier alpha value is -1.84. The van der Waals surface area contributed by atoms with Crippen molar-refractivity contribution < 1.29 is 14.7 Å². The van der Waals surface area contributed by atoms with E-state index in [9.17, 15) is 14.7 Å². The molecule has 1 N–H and O–H groups in total. The van der Waals surface area contributed by atoms with Crippen LogP contribution in [0.4, 0.5) is 0 Å². The average Bonchev–Trinajstić information content (AvgIpc) is 2.54. The Bertz CT molecular complexity index is 568. The predicted octanol–water partition coefficient (Wildman–Crippen LogP) is 3.60. The van der Waals surface area contributed by atoms with E-state index in [0.717, 1.165) is 19.3 Å². The van der Waals surface area contributed by atoms with Crippen molar-refractivity contribution in [1.29, 1.82) is 0 Å². The first-order valence-electron chi connectivity index (χ1n) is 8.85. The van der Waals surface area contributed by atoms with Crippen molar-refractivity contribution in [2.24, 2.45) is 17.3 Å². The van der Waals surface area contributed by atoms with Crippen molar-refractivity contribution in [3.05, 3.63) is 35.9 Å². The molecular formula is C20H29NO3. The zero-order valence-corrected chi connectivity index (χ0v) is 15.0. The van der Waals surface area contributed by atoms with Crippen LogP contribution in [-0.2, 0) is 16.0 Å². The highest BCUT2D eigenvalue weighted by Gasteiger charge is 2.37. The maximum Gasteiger partial charge on any atom is 0.308 e. The van der Waals surface area contributed by atoms with Crippen molar-refractivity contribution in [3.63, 3.8) is 0 Å². The lowest BCUT2D eigenvalue weighted by atomic mass is 9.82. The second-order valence-corrected chi connectivity index (χ2v) is 7.81. The Kier molecular flexibility index (Phi) is 6.03. The monoisotopic (exact) mass is 331 g/mol. The van der Waals surface area contributed by atoms with E-state index in [1.165, 1.54) is 5.56 Å². The summed E-state index contributed by atoms with van der Waals surface area (Å²) in [6.45, 7) is 7.01. The van der Waals surface area contributed by atoms with E-state index in [0.29, 0.717) is 19.5 Å². The molecule has 1 heterocycles. The molecule has 1 amide bonds. The molecule has 4 heteroatoms. The fourth-order valence-corrected chi connectivity index (χ4v) is 3.61. The van der Waals surface area contributed by atoms with Crippen molar-refractivity contribution >= 4 is 11.9 Å². The third-order valence-corrected chi connectivity index (χ3v) is 4.99. The molecule has 1 aliphatic rings. The first-order chi connectivity index (χ1) is 11.3. The summed E-state index contributed by atoms with van der Waals surface area (Å²) >= 11 is 0. The number of hydrogen-bond acceptors (Lipinski definition) is 2. The molecule has 24 heavy (non-hydrogen) atoms. The lowest BCUT2D eigenvalue weighted by Crippen LogP contribution is -2.50. The van der Waals surface area contributed by atoms with Crippen LogP contribution in [0.1, 0.15) is 45.6 Å². The molecule has 1 aromatic carbocycles. The minimum atomic E-state index is -0.791. The number of carboxylic acids is 1. The van der Waals surface area contributed by atoms with Gasteiger partial charge in [-0.05, 0) is 37.2 Å². The molecular weight excluding hydrogens is 302 g/mol. The number of carbonyl (C=O) groups is 2.